The molecule has 0 saturated carbocycles. The Morgan fingerprint density at radius 3 is 1.92 bits per heavy atom. The average molecular weight is 505 g/mol. The van der Waals surface area contributed by atoms with Crippen molar-refractivity contribution in [3.05, 3.63) is 83.9 Å². The van der Waals surface area contributed by atoms with E-state index in [4.69, 9.17) is 19.5 Å². The third-order valence-corrected chi connectivity index (χ3v) is 7.86. The zero-order valence-electron chi connectivity index (χ0n) is 23.2. The molecule has 4 nitrogen and oxygen atoms in total. The highest BCUT2D eigenvalue weighted by molar-refractivity contribution is 6.15. The molecule has 0 fully saturated rings. The summed E-state index contributed by atoms with van der Waals surface area (Å²) in [5, 5.41) is 4.73. The number of hydrogen-bond acceptors (Lipinski definition) is 4. The van der Waals surface area contributed by atoms with Crippen molar-refractivity contribution in [2.45, 2.75) is 53.6 Å². The van der Waals surface area contributed by atoms with E-state index in [0.29, 0.717) is 13.2 Å². The van der Waals surface area contributed by atoms with E-state index in [1.54, 1.807) is 0 Å². The Balaban J connectivity index is 1.56. The van der Waals surface area contributed by atoms with Gasteiger partial charge in [-0.25, -0.2) is 9.98 Å². The molecule has 4 aromatic rings. The minimum atomic E-state index is 0.0417. The first-order chi connectivity index (χ1) is 18.1. The molecule has 0 unspecified atom stereocenters. The highest BCUT2D eigenvalue weighted by atomic mass is 16.5. The van der Waals surface area contributed by atoms with E-state index in [9.17, 15) is 0 Å². The van der Waals surface area contributed by atoms with Crippen LogP contribution in [0, 0.1) is 10.8 Å². The summed E-state index contributed by atoms with van der Waals surface area (Å²) in [6.45, 7) is 14.5. The van der Waals surface area contributed by atoms with Gasteiger partial charge in [0.05, 0.1) is 12.1 Å². The second-order valence-electron chi connectivity index (χ2n) is 12.7. The van der Waals surface area contributed by atoms with Crippen molar-refractivity contribution < 1.29 is 9.47 Å². The lowest BCUT2D eigenvalue weighted by molar-refractivity contribution is 0.235. The Hall–Kier alpha value is -3.66. The number of hydrogen-bond donors (Lipinski definition) is 0. The molecule has 0 spiro atoms. The van der Waals surface area contributed by atoms with E-state index in [0.717, 1.165) is 34.0 Å². The quantitative estimate of drug-likeness (QED) is 0.283. The minimum Gasteiger partial charge on any atom is -0.475 e. The summed E-state index contributed by atoms with van der Waals surface area (Å²) in [6, 6.07) is 26.2. The number of nitrogens with zero attached hydrogens (tertiary/aromatic N) is 2. The summed E-state index contributed by atoms with van der Waals surface area (Å²) in [5.74, 6) is 1.46. The molecule has 2 aliphatic rings. The Bertz CT molecular complexity index is 1600. The van der Waals surface area contributed by atoms with Crippen LogP contribution in [-0.4, -0.2) is 37.1 Å². The van der Waals surface area contributed by atoms with Crippen LogP contribution >= 0.6 is 0 Å². The summed E-state index contributed by atoms with van der Waals surface area (Å²) in [4.78, 5) is 10.0. The first-order valence-corrected chi connectivity index (χ1v) is 13.6. The van der Waals surface area contributed by atoms with Crippen molar-refractivity contribution >= 4 is 33.3 Å². The van der Waals surface area contributed by atoms with E-state index in [2.05, 4.69) is 114 Å². The smallest absolute Gasteiger partial charge is 0.217 e. The van der Waals surface area contributed by atoms with Gasteiger partial charge < -0.3 is 9.47 Å². The molecule has 2 aliphatic heterocycles. The molecular formula is C34H36N2O2. The molecule has 0 aliphatic carbocycles. The molecule has 0 radical (unpaired) electrons. The molecule has 38 heavy (non-hydrogen) atoms. The molecule has 0 N–H and O–H groups in total. The van der Waals surface area contributed by atoms with E-state index in [-0.39, 0.29) is 22.9 Å². The largest absolute Gasteiger partial charge is 0.475 e. The Morgan fingerprint density at radius 1 is 0.605 bits per heavy atom. The molecule has 0 amide bonds. The number of rotatable bonds is 3. The van der Waals surface area contributed by atoms with Crippen molar-refractivity contribution in [2.75, 3.05) is 13.2 Å². The highest BCUT2D eigenvalue weighted by Gasteiger charge is 2.33. The van der Waals surface area contributed by atoms with Crippen LogP contribution in [-0.2, 0) is 9.47 Å². The van der Waals surface area contributed by atoms with Crippen LogP contribution < -0.4 is 0 Å². The zero-order chi connectivity index (χ0) is 26.7. The predicted molar refractivity (Wildman–Crippen MR) is 158 cm³/mol. The van der Waals surface area contributed by atoms with Crippen LogP contribution in [0.5, 0.6) is 0 Å². The van der Waals surface area contributed by atoms with Crippen molar-refractivity contribution in [1.82, 2.24) is 0 Å². The van der Waals surface area contributed by atoms with Crippen LogP contribution in [0.4, 0.5) is 0 Å². The van der Waals surface area contributed by atoms with E-state index in [1.165, 1.54) is 21.5 Å². The van der Waals surface area contributed by atoms with Gasteiger partial charge in [0, 0.05) is 16.7 Å². The van der Waals surface area contributed by atoms with Gasteiger partial charge in [-0.2, -0.15) is 0 Å². The van der Waals surface area contributed by atoms with Gasteiger partial charge in [0.1, 0.15) is 13.2 Å². The Labute approximate surface area is 225 Å². The van der Waals surface area contributed by atoms with E-state index in [1.807, 2.05) is 0 Å². The third-order valence-electron chi connectivity index (χ3n) is 7.86. The van der Waals surface area contributed by atoms with E-state index >= 15 is 0 Å². The molecule has 0 saturated heterocycles. The number of aliphatic imine (C=N–C) groups is 2. The lowest BCUT2D eigenvalue weighted by Crippen LogP contribution is -2.25. The fourth-order valence-electron chi connectivity index (χ4n) is 5.30. The Morgan fingerprint density at radius 2 is 1.21 bits per heavy atom. The van der Waals surface area contributed by atoms with Gasteiger partial charge >= 0.3 is 0 Å². The maximum Gasteiger partial charge on any atom is 0.217 e. The normalized spacial score (nSPS) is 19.8. The summed E-state index contributed by atoms with van der Waals surface area (Å²) in [6.07, 6.45) is 0. The number of ether oxygens (including phenoxy) is 2. The number of benzene rings is 4. The lowest BCUT2D eigenvalue weighted by atomic mass is 9.88. The molecule has 4 aromatic carbocycles. The molecular weight excluding hydrogens is 468 g/mol. The van der Waals surface area contributed by atoms with Crippen molar-refractivity contribution in [1.29, 1.82) is 0 Å². The molecule has 0 bridgehead atoms. The fraction of sp³-hybridized carbons (Fsp3) is 0.353. The molecule has 0 aromatic heterocycles. The molecule has 194 valence electrons. The fourth-order valence-corrected chi connectivity index (χ4v) is 5.30. The highest BCUT2D eigenvalue weighted by Crippen LogP contribution is 2.39. The van der Waals surface area contributed by atoms with Crippen molar-refractivity contribution in [3.63, 3.8) is 0 Å². The topological polar surface area (TPSA) is 43.2 Å². The van der Waals surface area contributed by atoms with Crippen LogP contribution in [0.1, 0.15) is 52.7 Å². The third kappa shape index (κ3) is 4.36. The van der Waals surface area contributed by atoms with Gasteiger partial charge in [-0.1, -0.05) is 96.1 Å². The number of fused-ring (bicyclic) bond motifs is 2. The summed E-state index contributed by atoms with van der Waals surface area (Å²) >= 11 is 0. The van der Waals surface area contributed by atoms with Crippen LogP contribution in [0.2, 0.25) is 0 Å². The predicted octanol–water partition coefficient (Wildman–Crippen LogP) is 8.04. The molecule has 4 heteroatoms. The summed E-state index contributed by atoms with van der Waals surface area (Å²) < 4.78 is 12.4. The molecule has 2 heterocycles. The Kier molecular flexibility index (Phi) is 5.82. The zero-order valence-corrected chi connectivity index (χ0v) is 23.2. The van der Waals surface area contributed by atoms with Gasteiger partial charge in [-0.05, 0) is 56.1 Å². The first-order valence-electron chi connectivity index (χ1n) is 13.6. The second-order valence-corrected chi connectivity index (χ2v) is 12.7. The van der Waals surface area contributed by atoms with Gasteiger partial charge in [-0.15, -0.1) is 0 Å². The summed E-state index contributed by atoms with van der Waals surface area (Å²) in [7, 11) is 0. The first kappa shape index (κ1) is 24.7. The molecule has 2 atom stereocenters. The standard InChI is InChI=1S/C34H36N2O2/c1-33(2,3)28-19-37-31(35-28)23-15-14-22-11-9-13-25(27(22)18-23)30-24-12-8-7-10-21(24)16-17-26(30)32-36-29(20-38-32)34(4,5)6/h7-18,28-29H,19-20H2,1-6H3/t28-,29-/m1/s1. The van der Waals surface area contributed by atoms with Gasteiger partial charge in [0.25, 0.3) is 0 Å². The lowest BCUT2D eigenvalue weighted by Gasteiger charge is -2.21. The maximum atomic E-state index is 6.26. The van der Waals surface area contributed by atoms with Crippen LogP contribution in [0.25, 0.3) is 32.7 Å². The summed E-state index contributed by atoms with van der Waals surface area (Å²) in [5.41, 5.74) is 4.47. The minimum absolute atomic E-state index is 0.0417. The van der Waals surface area contributed by atoms with Crippen molar-refractivity contribution in [3.8, 4) is 11.1 Å². The molecule has 6 rings (SSSR count). The van der Waals surface area contributed by atoms with Crippen molar-refractivity contribution in [2.24, 2.45) is 20.8 Å². The average Bonchev–Trinajstić information content (AvgIpc) is 3.58. The van der Waals surface area contributed by atoms with Gasteiger partial charge in [0.15, 0.2) is 0 Å². The van der Waals surface area contributed by atoms with E-state index < -0.39 is 0 Å². The monoisotopic (exact) mass is 504 g/mol. The van der Waals surface area contributed by atoms with Crippen LogP contribution in [0.15, 0.2) is 82.8 Å². The second kappa shape index (κ2) is 8.97. The van der Waals surface area contributed by atoms with Gasteiger partial charge in [0.2, 0.25) is 11.8 Å². The SMILES string of the molecule is CC(C)(C)[C@H]1COC(c2ccc3cccc(-c4c(C5=N[C@@H](C(C)(C)C)CO5)ccc5ccccc45)c3c2)=N1. The maximum absolute atomic E-state index is 6.26. The van der Waals surface area contributed by atoms with Gasteiger partial charge in [-0.3, -0.25) is 0 Å². The van der Waals surface area contributed by atoms with Crippen LogP contribution in [0.3, 0.4) is 0 Å².